The number of aliphatic hydroxyl groups excluding tert-OH is 1. The van der Waals surface area contributed by atoms with Crippen LogP contribution in [-0.4, -0.2) is 41.7 Å². The van der Waals surface area contributed by atoms with Crippen molar-refractivity contribution in [2.75, 3.05) is 24.5 Å². The molecule has 1 aliphatic heterocycles. The molecule has 5 nitrogen and oxygen atoms in total. The third kappa shape index (κ3) is 2.14. The number of rotatable bonds is 3. The summed E-state index contributed by atoms with van der Waals surface area (Å²) in [5, 5.41) is 11.9. The highest BCUT2D eigenvalue weighted by Gasteiger charge is 2.24. The van der Waals surface area contributed by atoms with Gasteiger partial charge in [-0.1, -0.05) is 0 Å². The van der Waals surface area contributed by atoms with Crippen LogP contribution in [0.4, 0.5) is 5.69 Å². The van der Waals surface area contributed by atoms with Crippen LogP contribution < -0.4 is 10.2 Å². The molecule has 1 saturated heterocycles. The van der Waals surface area contributed by atoms with Crippen LogP contribution in [0.15, 0.2) is 18.3 Å². The van der Waals surface area contributed by atoms with E-state index in [1.165, 1.54) is 0 Å². The van der Waals surface area contributed by atoms with Crippen LogP contribution in [0.1, 0.15) is 17.4 Å². The Labute approximate surface area is 94.1 Å². The van der Waals surface area contributed by atoms with Crippen molar-refractivity contribution in [2.24, 2.45) is 0 Å². The highest BCUT2D eigenvalue weighted by atomic mass is 16.3. The summed E-state index contributed by atoms with van der Waals surface area (Å²) in [5.41, 5.74) is 1.35. The highest BCUT2D eigenvalue weighted by Crippen LogP contribution is 2.20. The Morgan fingerprint density at radius 3 is 3.06 bits per heavy atom. The molecule has 2 heterocycles. The average molecular weight is 221 g/mol. The van der Waals surface area contributed by atoms with Crippen molar-refractivity contribution in [3.63, 3.8) is 0 Å². The Hall–Kier alpha value is -1.62. The zero-order valence-electron chi connectivity index (χ0n) is 9.18. The third-order valence-corrected chi connectivity index (χ3v) is 2.54. The second-order valence-electron chi connectivity index (χ2n) is 3.82. The lowest BCUT2D eigenvalue weighted by Gasteiger charge is -2.37. The van der Waals surface area contributed by atoms with Gasteiger partial charge in [0.1, 0.15) is 5.69 Å². The Kier molecular flexibility index (Phi) is 3.05. The van der Waals surface area contributed by atoms with Crippen LogP contribution >= 0.6 is 0 Å². The zero-order chi connectivity index (χ0) is 11.5. The lowest BCUT2D eigenvalue weighted by Crippen LogP contribution is -2.50. The lowest BCUT2D eigenvalue weighted by molar-refractivity contribution is 0.0951. The quantitative estimate of drug-likeness (QED) is 0.754. The monoisotopic (exact) mass is 221 g/mol. The molecule has 0 aromatic carbocycles. The molecule has 1 aliphatic rings. The van der Waals surface area contributed by atoms with Crippen molar-refractivity contribution in [2.45, 2.75) is 13.0 Å². The first-order valence-electron chi connectivity index (χ1n) is 5.38. The number of carbonyl (C=O) groups is 1. The number of nitrogens with one attached hydrogen (secondary N) is 1. The van der Waals surface area contributed by atoms with Crippen molar-refractivity contribution in [3.8, 4) is 0 Å². The minimum Gasteiger partial charge on any atom is -0.389 e. The van der Waals surface area contributed by atoms with Gasteiger partial charge in [0.2, 0.25) is 0 Å². The van der Waals surface area contributed by atoms with Crippen LogP contribution in [0, 0.1) is 0 Å². The van der Waals surface area contributed by atoms with Crippen molar-refractivity contribution >= 4 is 11.6 Å². The molecule has 0 saturated carbocycles. The average Bonchev–Trinajstić information content (AvgIpc) is 2.25. The van der Waals surface area contributed by atoms with Gasteiger partial charge in [0.05, 0.1) is 6.10 Å². The molecule has 0 spiro atoms. The number of amides is 1. The molecular formula is C11H15N3O2. The fourth-order valence-corrected chi connectivity index (χ4v) is 1.66. The summed E-state index contributed by atoms with van der Waals surface area (Å²) in [6, 6.07) is 3.59. The standard InChI is InChI=1S/C11H15N3O2/c1-2-12-11(16)10-5-8(3-4-13-10)14-6-9(15)7-14/h3-5,9,15H,2,6-7H2,1H3,(H,12,16). The number of carbonyl (C=O) groups excluding carboxylic acids is 1. The van der Waals surface area contributed by atoms with Crippen LogP contribution in [0.2, 0.25) is 0 Å². The van der Waals surface area contributed by atoms with Gasteiger partial charge in [-0.3, -0.25) is 9.78 Å². The summed E-state index contributed by atoms with van der Waals surface area (Å²) >= 11 is 0. The summed E-state index contributed by atoms with van der Waals surface area (Å²) in [7, 11) is 0. The maximum Gasteiger partial charge on any atom is 0.269 e. The van der Waals surface area contributed by atoms with E-state index in [2.05, 4.69) is 10.3 Å². The maximum atomic E-state index is 11.5. The minimum absolute atomic E-state index is 0.162. The maximum absolute atomic E-state index is 11.5. The Morgan fingerprint density at radius 2 is 2.44 bits per heavy atom. The molecule has 5 heteroatoms. The van der Waals surface area contributed by atoms with Gasteiger partial charge in [-0.15, -0.1) is 0 Å². The van der Waals surface area contributed by atoms with Gasteiger partial charge in [0, 0.05) is 31.5 Å². The highest BCUT2D eigenvalue weighted by molar-refractivity contribution is 5.93. The van der Waals surface area contributed by atoms with Gasteiger partial charge in [-0.05, 0) is 19.1 Å². The molecule has 2 N–H and O–H groups in total. The normalized spacial score (nSPS) is 15.8. The van der Waals surface area contributed by atoms with E-state index in [0.717, 1.165) is 5.69 Å². The SMILES string of the molecule is CCNC(=O)c1cc(N2CC(O)C2)ccn1. The van der Waals surface area contributed by atoms with E-state index in [9.17, 15) is 9.90 Å². The zero-order valence-corrected chi connectivity index (χ0v) is 9.18. The number of nitrogens with zero attached hydrogens (tertiary/aromatic N) is 2. The second-order valence-corrected chi connectivity index (χ2v) is 3.82. The Bertz CT molecular complexity index is 389. The fourth-order valence-electron chi connectivity index (χ4n) is 1.66. The minimum atomic E-state index is -0.249. The van der Waals surface area contributed by atoms with Gasteiger partial charge >= 0.3 is 0 Å². The third-order valence-electron chi connectivity index (χ3n) is 2.54. The van der Waals surface area contributed by atoms with Gasteiger partial charge < -0.3 is 15.3 Å². The first-order chi connectivity index (χ1) is 7.70. The van der Waals surface area contributed by atoms with Crippen LogP contribution in [0.5, 0.6) is 0 Å². The summed E-state index contributed by atoms with van der Waals surface area (Å²) in [5.74, 6) is -0.162. The number of hydrogen-bond acceptors (Lipinski definition) is 4. The second kappa shape index (κ2) is 4.49. The Morgan fingerprint density at radius 1 is 1.69 bits per heavy atom. The van der Waals surface area contributed by atoms with Crippen LogP contribution in [0.25, 0.3) is 0 Å². The molecule has 1 amide bonds. The van der Waals surface area contributed by atoms with E-state index in [0.29, 0.717) is 25.3 Å². The van der Waals surface area contributed by atoms with Gasteiger partial charge in [0.15, 0.2) is 0 Å². The summed E-state index contributed by atoms with van der Waals surface area (Å²) in [4.78, 5) is 17.6. The molecular weight excluding hydrogens is 206 g/mol. The fraction of sp³-hybridized carbons (Fsp3) is 0.455. The molecule has 0 atom stereocenters. The van der Waals surface area contributed by atoms with Gasteiger partial charge in [0.25, 0.3) is 5.91 Å². The molecule has 16 heavy (non-hydrogen) atoms. The number of hydrogen-bond donors (Lipinski definition) is 2. The van der Waals surface area contributed by atoms with E-state index in [-0.39, 0.29) is 12.0 Å². The Balaban J connectivity index is 2.10. The molecule has 0 radical (unpaired) electrons. The van der Waals surface area contributed by atoms with E-state index in [1.54, 1.807) is 12.3 Å². The predicted octanol–water partition coefficient (Wildman–Crippen LogP) is 0.0122. The summed E-state index contributed by atoms with van der Waals surface area (Å²) in [6.07, 6.45) is 1.37. The van der Waals surface area contributed by atoms with Crippen LogP contribution in [-0.2, 0) is 0 Å². The number of pyridine rings is 1. The van der Waals surface area contributed by atoms with Gasteiger partial charge in [-0.2, -0.15) is 0 Å². The molecule has 1 aromatic heterocycles. The van der Waals surface area contributed by atoms with E-state index >= 15 is 0 Å². The van der Waals surface area contributed by atoms with Crippen LogP contribution in [0.3, 0.4) is 0 Å². The van der Waals surface area contributed by atoms with Crippen molar-refractivity contribution in [3.05, 3.63) is 24.0 Å². The largest absolute Gasteiger partial charge is 0.389 e. The number of anilines is 1. The van der Waals surface area contributed by atoms with E-state index in [4.69, 9.17) is 0 Å². The molecule has 1 aromatic rings. The molecule has 1 fully saturated rings. The summed E-state index contributed by atoms with van der Waals surface area (Å²) in [6.45, 7) is 3.71. The smallest absolute Gasteiger partial charge is 0.269 e. The number of aromatic nitrogens is 1. The first kappa shape index (κ1) is 10.9. The van der Waals surface area contributed by atoms with Crippen molar-refractivity contribution in [1.82, 2.24) is 10.3 Å². The molecule has 86 valence electrons. The van der Waals surface area contributed by atoms with Crippen molar-refractivity contribution in [1.29, 1.82) is 0 Å². The molecule has 0 bridgehead atoms. The molecule has 0 unspecified atom stereocenters. The van der Waals surface area contributed by atoms with E-state index < -0.39 is 0 Å². The summed E-state index contributed by atoms with van der Waals surface area (Å²) < 4.78 is 0. The lowest BCUT2D eigenvalue weighted by atomic mass is 10.1. The topological polar surface area (TPSA) is 65.5 Å². The number of β-amino-alcohol motifs (C(OH)–C–C–N with tert-alkyl or cyclic N) is 1. The predicted molar refractivity (Wildman–Crippen MR) is 60.5 cm³/mol. The molecule has 2 rings (SSSR count). The molecule has 0 aliphatic carbocycles. The number of aliphatic hydroxyl groups is 1. The first-order valence-corrected chi connectivity index (χ1v) is 5.38. The van der Waals surface area contributed by atoms with Crippen molar-refractivity contribution < 1.29 is 9.90 Å². The van der Waals surface area contributed by atoms with Gasteiger partial charge in [-0.25, -0.2) is 0 Å². The van der Waals surface area contributed by atoms with E-state index in [1.807, 2.05) is 17.9 Å².